The number of hydrogen-bond donors (Lipinski definition) is 1. The summed E-state index contributed by atoms with van der Waals surface area (Å²) in [6.07, 6.45) is 4.57. The normalized spacial score (nSPS) is 18.2. The lowest BCUT2D eigenvalue weighted by molar-refractivity contribution is 0.0750. The van der Waals surface area contributed by atoms with Crippen LogP contribution in [0.2, 0.25) is 0 Å². The van der Waals surface area contributed by atoms with E-state index in [1.165, 1.54) is 5.56 Å². The summed E-state index contributed by atoms with van der Waals surface area (Å²) < 4.78 is 11.2. The van der Waals surface area contributed by atoms with Crippen LogP contribution in [0.1, 0.15) is 40.9 Å². The van der Waals surface area contributed by atoms with Crippen LogP contribution in [0.3, 0.4) is 0 Å². The minimum atomic E-state index is -0.0244. The van der Waals surface area contributed by atoms with Crippen molar-refractivity contribution in [1.82, 2.24) is 4.90 Å². The largest absolute Gasteiger partial charge is 0.486 e. The molecular weight excluding hydrogens is 304 g/mol. The molecule has 0 spiro atoms. The fourth-order valence-corrected chi connectivity index (χ4v) is 2.96. The fourth-order valence-electron chi connectivity index (χ4n) is 2.96. The Morgan fingerprint density at radius 1 is 1.29 bits per heavy atom. The average Bonchev–Trinajstić information content (AvgIpc) is 2.94. The molecule has 1 saturated heterocycles. The van der Waals surface area contributed by atoms with Gasteiger partial charge in [0.2, 0.25) is 0 Å². The van der Waals surface area contributed by atoms with Gasteiger partial charge in [-0.05, 0) is 38.0 Å². The molecule has 24 heavy (non-hydrogen) atoms. The molecule has 2 aromatic rings. The number of ether oxygens (including phenoxy) is 1. The van der Waals surface area contributed by atoms with Crippen LogP contribution in [-0.2, 0) is 6.61 Å². The van der Waals surface area contributed by atoms with E-state index in [2.05, 4.69) is 0 Å². The summed E-state index contributed by atoms with van der Waals surface area (Å²) in [6.45, 7) is 3.61. The maximum Gasteiger partial charge on any atom is 0.257 e. The second kappa shape index (κ2) is 7.53. The Labute approximate surface area is 142 Å². The number of likely N-dealkylation sites (tertiary alicyclic amines) is 1. The molecule has 0 unspecified atom stereocenters. The molecule has 2 N–H and O–H groups in total. The van der Waals surface area contributed by atoms with Crippen LogP contribution in [0.25, 0.3) is 0 Å². The summed E-state index contributed by atoms with van der Waals surface area (Å²) in [6, 6.07) is 9.56. The Balaban J connectivity index is 1.67. The molecule has 1 aromatic heterocycles. The molecule has 5 heteroatoms. The van der Waals surface area contributed by atoms with Gasteiger partial charge in [-0.25, -0.2) is 0 Å². The number of nitrogens with two attached hydrogens (primary N) is 1. The van der Waals surface area contributed by atoms with Crippen LogP contribution in [0.5, 0.6) is 5.75 Å². The van der Waals surface area contributed by atoms with E-state index >= 15 is 0 Å². The molecule has 3 rings (SSSR count). The zero-order chi connectivity index (χ0) is 16.9. The SMILES string of the molecule is Cc1ccc(OCc2occc2C(=O)N2CCCC[C@@H](N)C2)cc1. The van der Waals surface area contributed by atoms with E-state index in [4.69, 9.17) is 14.9 Å². The Bertz CT molecular complexity index is 678. The van der Waals surface area contributed by atoms with E-state index in [1.807, 2.05) is 36.1 Å². The van der Waals surface area contributed by atoms with E-state index in [0.29, 0.717) is 17.9 Å². The van der Waals surface area contributed by atoms with Gasteiger partial charge in [0.15, 0.2) is 5.76 Å². The maximum atomic E-state index is 12.8. The van der Waals surface area contributed by atoms with Crippen LogP contribution < -0.4 is 10.5 Å². The first-order chi connectivity index (χ1) is 11.6. The predicted molar refractivity (Wildman–Crippen MR) is 91.9 cm³/mol. The summed E-state index contributed by atoms with van der Waals surface area (Å²) in [5.74, 6) is 1.29. The first-order valence-corrected chi connectivity index (χ1v) is 8.44. The summed E-state index contributed by atoms with van der Waals surface area (Å²) in [5, 5.41) is 0. The molecule has 1 aromatic carbocycles. The summed E-state index contributed by atoms with van der Waals surface area (Å²) in [4.78, 5) is 14.6. The van der Waals surface area contributed by atoms with Gasteiger partial charge in [-0.15, -0.1) is 0 Å². The third kappa shape index (κ3) is 3.97. The van der Waals surface area contributed by atoms with Crippen LogP contribution >= 0.6 is 0 Å². The van der Waals surface area contributed by atoms with E-state index in [9.17, 15) is 4.79 Å². The summed E-state index contributed by atoms with van der Waals surface area (Å²) >= 11 is 0. The molecule has 0 aliphatic carbocycles. The number of carbonyl (C=O) groups excluding carboxylic acids is 1. The maximum absolute atomic E-state index is 12.8. The third-order valence-electron chi connectivity index (χ3n) is 4.36. The van der Waals surface area contributed by atoms with Gasteiger partial charge in [0.25, 0.3) is 5.91 Å². The molecule has 1 amide bonds. The van der Waals surface area contributed by atoms with Crippen molar-refractivity contribution in [2.45, 2.75) is 38.8 Å². The molecule has 1 atom stereocenters. The highest BCUT2D eigenvalue weighted by Crippen LogP contribution is 2.20. The van der Waals surface area contributed by atoms with Crippen molar-refractivity contribution in [2.75, 3.05) is 13.1 Å². The van der Waals surface area contributed by atoms with Crippen LogP contribution in [0.15, 0.2) is 41.0 Å². The van der Waals surface area contributed by atoms with Crippen LogP contribution in [-0.4, -0.2) is 29.9 Å². The molecule has 1 fully saturated rings. The van der Waals surface area contributed by atoms with E-state index in [0.717, 1.165) is 31.6 Å². The van der Waals surface area contributed by atoms with E-state index in [-0.39, 0.29) is 18.6 Å². The van der Waals surface area contributed by atoms with Crippen molar-refractivity contribution in [1.29, 1.82) is 0 Å². The van der Waals surface area contributed by atoms with Crippen LogP contribution in [0, 0.1) is 6.92 Å². The van der Waals surface area contributed by atoms with Gasteiger partial charge in [-0.1, -0.05) is 24.1 Å². The molecule has 1 aliphatic heterocycles. The number of benzene rings is 1. The molecule has 0 saturated carbocycles. The second-order valence-electron chi connectivity index (χ2n) is 6.37. The molecule has 0 bridgehead atoms. The molecule has 0 radical (unpaired) electrons. The Hall–Kier alpha value is -2.27. The Morgan fingerprint density at radius 2 is 2.08 bits per heavy atom. The first-order valence-electron chi connectivity index (χ1n) is 8.44. The van der Waals surface area contributed by atoms with Crippen molar-refractivity contribution in [3.63, 3.8) is 0 Å². The number of nitrogens with zero attached hydrogens (tertiary/aromatic N) is 1. The predicted octanol–water partition coefficient (Wildman–Crippen LogP) is 3.12. The lowest BCUT2D eigenvalue weighted by Gasteiger charge is -2.22. The second-order valence-corrected chi connectivity index (χ2v) is 6.37. The minimum Gasteiger partial charge on any atom is -0.486 e. The highest BCUT2D eigenvalue weighted by Gasteiger charge is 2.24. The zero-order valence-corrected chi connectivity index (χ0v) is 14.0. The highest BCUT2D eigenvalue weighted by atomic mass is 16.5. The third-order valence-corrected chi connectivity index (χ3v) is 4.36. The van der Waals surface area contributed by atoms with Crippen molar-refractivity contribution < 1.29 is 13.9 Å². The molecule has 1 aliphatic rings. The number of rotatable bonds is 4. The number of furan rings is 1. The minimum absolute atomic E-state index is 0.0244. The van der Waals surface area contributed by atoms with Gasteiger partial charge in [-0.2, -0.15) is 0 Å². The van der Waals surface area contributed by atoms with E-state index in [1.54, 1.807) is 12.3 Å². The van der Waals surface area contributed by atoms with Gasteiger partial charge in [0, 0.05) is 19.1 Å². The Kier molecular flexibility index (Phi) is 5.20. The quantitative estimate of drug-likeness (QED) is 0.936. The summed E-state index contributed by atoms with van der Waals surface area (Å²) in [7, 11) is 0. The number of carbonyl (C=O) groups is 1. The summed E-state index contributed by atoms with van der Waals surface area (Å²) in [5.41, 5.74) is 7.80. The fraction of sp³-hybridized carbons (Fsp3) is 0.421. The highest BCUT2D eigenvalue weighted by molar-refractivity contribution is 5.95. The van der Waals surface area contributed by atoms with Gasteiger partial charge < -0.3 is 19.8 Å². The smallest absolute Gasteiger partial charge is 0.257 e. The van der Waals surface area contributed by atoms with Crippen molar-refractivity contribution in [2.24, 2.45) is 5.73 Å². The monoisotopic (exact) mass is 328 g/mol. The van der Waals surface area contributed by atoms with E-state index < -0.39 is 0 Å². The molecule has 128 valence electrons. The number of hydrogen-bond acceptors (Lipinski definition) is 4. The van der Waals surface area contributed by atoms with Crippen LogP contribution in [0.4, 0.5) is 0 Å². The standard InChI is InChI=1S/C19H24N2O3/c1-14-5-7-16(8-6-14)24-13-18-17(9-11-23-18)19(22)21-10-3-2-4-15(20)12-21/h5-9,11,15H,2-4,10,12-13,20H2,1H3/t15-/m1/s1. The molecule has 5 nitrogen and oxygen atoms in total. The van der Waals surface area contributed by atoms with Crippen molar-refractivity contribution in [3.8, 4) is 5.75 Å². The number of aryl methyl sites for hydroxylation is 1. The topological polar surface area (TPSA) is 68.7 Å². The van der Waals surface area contributed by atoms with Gasteiger partial charge in [0.1, 0.15) is 12.4 Å². The number of amides is 1. The first kappa shape index (κ1) is 16.6. The lowest BCUT2D eigenvalue weighted by atomic mass is 10.1. The van der Waals surface area contributed by atoms with Gasteiger partial charge >= 0.3 is 0 Å². The zero-order valence-electron chi connectivity index (χ0n) is 14.0. The van der Waals surface area contributed by atoms with Gasteiger partial charge in [0.05, 0.1) is 11.8 Å². The lowest BCUT2D eigenvalue weighted by Crippen LogP contribution is -2.39. The van der Waals surface area contributed by atoms with Gasteiger partial charge in [-0.3, -0.25) is 4.79 Å². The Morgan fingerprint density at radius 3 is 2.88 bits per heavy atom. The average molecular weight is 328 g/mol. The molecule has 2 heterocycles. The molecular formula is C19H24N2O3. The van der Waals surface area contributed by atoms with Crippen molar-refractivity contribution in [3.05, 3.63) is 53.5 Å². The van der Waals surface area contributed by atoms with Crippen molar-refractivity contribution >= 4 is 5.91 Å².